The van der Waals surface area contributed by atoms with Crippen LogP contribution in [0.3, 0.4) is 0 Å². The number of nitrogens with two attached hydrogens (primary N) is 1. The molecule has 0 atom stereocenters. The van der Waals surface area contributed by atoms with Gasteiger partial charge in [0, 0.05) is 10.1 Å². The summed E-state index contributed by atoms with van der Waals surface area (Å²) in [5.74, 6) is 6.11. The van der Waals surface area contributed by atoms with Gasteiger partial charge in [-0.1, -0.05) is 18.2 Å². The van der Waals surface area contributed by atoms with Crippen LogP contribution in [0.4, 0.5) is 5.82 Å². The molecular weight excluding hydrogens is 208 g/mol. The van der Waals surface area contributed by atoms with Crippen LogP contribution >= 0.6 is 11.3 Å². The lowest BCUT2D eigenvalue weighted by atomic mass is 10.2. The van der Waals surface area contributed by atoms with Crippen LogP contribution in [0.5, 0.6) is 0 Å². The fraction of sp³-hybridized carbons (Fsp3) is 0. The van der Waals surface area contributed by atoms with Gasteiger partial charge >= 0.3 is 0 Å². The van der Waals surface area contributed by atoms with Crippen molar-refractivity contribution < 1.29 is 0 Å². The number of aromatic nitrogens is 2. The zero-order valence-electron chi connectivity index (χ0n) is 7.77. The minimum absolute atomic E-state index is 0.678. The zero-order valence-corrected chi connectivity index (χ0v) is 8.58. The number of fused-ring (bicyclic) bond motifs is 3. The zero-order chi connectivity index (χ0) is 10.3. The number of thiophene rings is 1. The number of benzene rings is 1. The van der Waals surface area contributed by atoms with Crippen molar-refractivity contribution in [2.75, 3.05) is 5.43 Å². The Labute approximate surface area is 89.7 Å². The molecule has 0 saturated heterocycles. The van der Waals surface area contributed by atoms with Crippen LogP contribution in [-0.4, -0.2) is 9.97 Å². The van der Waals surface area contributed by atoms with Gasteiger partial charge in [-0.05, 0) is 6.07 Å². The van der Waals surface area contributed by atoms with Gasteiger partial charge in [-0.2, -0.15) is 0 Å². The lowest BCUT2D eigenvalue weighted by Crippen LogP contribution is -2.08. The summed E-state index contributed by atoms with van der Waals surface area (Å²) in [7, 11) is 0. The minimum atomic E-state index is 0.678. The molecule has 2 heterocycles. The highest BCUT2D eigenvalue weighted by atomic mass is 32.1. The number of hydrogen-bond acceptors (Lipinski definition) is 5. The van der Waals surface area contributed by atoms with Gasteiger partial charge in [0.05, 0.1) is 5.39 Å². The first kappa shape index (κ1) is 8.58. The quantitative estimate of drug-likeness (QED) is 0.483. The molecule has 0 aliphatic carbocycles. The normalized spacial score (nSPS) is 11.0. The van der Waals surface area contributed by atoms with E-state index in [9.17, 15) is 0 Å². The van der Waals surface area contributed by atoms with Gasteiger partial charge in [0.15, 0.2) is 5.82 Å². The first-order valence-electron chi connectivity index (χ1n) is 4.49. The van der Waals surface area contributed by atoms with Crippen LogP contribution in [0.1, 0.15) is 0 Å². The summed E-state index contributed by atoms with van der Waals surface area (Å²) < 4.78 is 1.20. The van der Waals surface area contributed by atoms with Crippen molar-refractivity contribution in [2.45, 2.75) is 0 Å². The lowest BCUT2D eigenvalue weighted by Gasteiger charge is -1.99. The van der Waals surface area contributed by atoms with Crippen molar-refractivity contribution in [1.82, 2.24) is 9.97 Å². The Morgan fingerprint density at radius 1 is 1.20 bits per heavy atom. The molecule has 3 rings (SSSR count). The van der Waals surface area contributed by atoms with Crippen LogP contribution in [-0.2, 0) is 0 Å². The standard InChI is InChI=1S/C10H8N4S/c11-14-9-8-6-3-1-2-4-7(6)15-10(8)13-5-12-9/h1-5H,11H2,(H,12,13,14). The summed E-state index contributed by atoms with van der Waals surface area (Å²) in [6, 6.07) is 8.14. The van der Waals surface area contributed by atoms with Crippen molar-refractivity contribution in [3.63, 3.8) is 0 Å². The van der Waals surface area contributed by atoms with Crippen molar-refractivity contribution >= 4 is 37.5 Å². The molecule has 0 aliphatic heterocycles. The SMILES string of the molecule is NNc1ncnc2sc3ccccc3c12. The number of nitrogen functional groups attached to an aromatic ring is 1. The highest BCUT2D eigenvalue weighted by Crippen LogP contribution is 2.35. The van der Waals surface area contributed by atoms with Crippen molar-refractivity contribution in [1.29, 1.82) is 0 Å². The Hall–Kier alpha value is -1.72. The third-order valence-electron chi connectivity index (χ3n) is 2.31. The summed E-state index contributed by atoms with van der Waals surface area (Å²) in [5.41, 5.74) is 2.60. The van der Waals surface area contributed by atoms with Crippen molar-refractivity contribution in [3.05, 3.63) is 30.6 Å². The van der Waals surface area contributed by atoms with E-state index in [1.54, 1.807) is 11.3 Å². The number of nitrogens with one attached hydrogen (secondary N) is 1. The lowest BCUT2D eigenvalue weighted by molar-refractivity contribution is 1.19. The highest BCUT2D eigenvalue weighted by Gasteiger charge is 2.09. The Morgan fingerprint density at radius 3 is 2.93 bits per heavy atom. The third-order valence-corrected chi connectivity index (χ3v) is 3.39. The highest BCUT2D eigenvalue weighted by molar-refractivity contribution is 7.25. The molecule has 0 radical (unpaired) electrons. The van der Waals surface area contributed by atoms with E-state index >= 15 is 0 Å². The van der Waals surface area contributed by atoms with Gasteiger partial charge in [0.1, 0.15) is 11.2 Å². The smallest absolute Gasteiger partial charge is 0.152 e. The second-order valence-corrected chi connectivity index (χ2v) is 4.18. The molecule has 0 aliphatic rings. The summed E-state index contributed by atoms with van der Waals surface area (Å²) in [5, 5.41) is 2.15. The monoisotopic (exact) mass is 216 g/mol. The van der Waals surface area contributed by atoms with E-state index in [1.165, 1.54) is 11.0 Å². The molecule has 3 aromatic rings. The summed E-state index contributed by atoms with van der Waals surface area (Å²) in [6.45, 7) is 0. The maximum absolute atomic E-state index is 5.43. The Kier molecular flexibility index (Phi) is 1.80. The largest absolute Gasteiger partial charge is 0.308 e. The number of anilines is 1. The maximum Gasteiger partial charge on any atom is 0.152 e. The fourth-order valence-electron chi connectivity index (χ4n) is 1.67. The molecule has 0 unspecified atom stereocenters. The molecule has 0 fully saturated rings. The average Bonchev–Trinajstić information content (AvgIpc) is 2.67. The van der Waals surface area contributed by atoms with E-state index in [0.717, 1.165) is 15.6 Å². The summed E-state index contributed by atoms with van der Waals surface area (Å²) in [6.07, 6.45) is 1.52. The average molecular weight is 216 g/mol. The van der Waals surface area contributed by atoms with Crippen LogP contribution in [0, 0.1) is 0 Å². The summed E-state index contributed by atoms with van der Waals surface area (Å²) >= 11 is 1.64. The van der Waals surface area contributed by atoms with Crippen LogP contribution in [0.25, 0.3) is 20.3 Å². The second-order valence-electron chi connectivity index (χ2n) is 3.14. The van der Waals surface area contributed by atoms with Crippen molar-refractivity contribution in [3.8, 4) is 0 Å². The van der Waals surface area contributed by atoms with Crippen LogP contribution < -0.4 is 11.3 Å². The van der Waals surface area contributed by atoms with E-state index in [1.807, 2.05) is 12.1 Å². The van der Waals surface area contributed by atoms with Gasteiger partial charge in [-0.15, -0.1) is 11.3 Å². The molecular formula is C10H8N4S. The maximum atomic E-state index is 5.43. The minimum Gasteiger partial charge on any atom is -0.308 e. The molecule has 3 N–H and O–H groups in total. The molecule has 5 heteroatoms. The second kappa shape index (κ2) is 3.15. The van der Waals surface area contributed by atoms with Gasteiger partial charge in [-0.3, -0.25) is 0 Å². The molecule has 15 heavy (non-hydrogen) atoms. The molecule has 4 nitrogen and oxygen atoms in total. The van der Waals surface area contributed by atoms with E-state index < -0.39 is 0 Å². The number of hydrazine groups is 1. The molecule has 0 bridgehead atoms. The Balaban J connectivity index is 2.56. The first-order valence-corrected chi connectivity index (χ1v) is 5.30. The molecule has 0 amide bonds. The van der Waals surface area contributed by atoms with E-state index in [0.29, 0.717) is 5.82 Å². The Bertz CT molecular complexity index is 631. The fourth-order valence-corrected chi connectivity index (χ4v) is 2.71. The molecule has 74 valence electrons. The van der Waals surface area contributed by atoms with Crippen LogP contribution in [0.15, 0.2) is 30.6 Å². The van der Waals surface area contributed by atoms with Gasteiger partial charge < -0.3 is 5.43 Å². The number of hydrogen-bond donors (Lipinski definition) is 2. The molecule has 2 aromatic heterocycles. The topological polar surface area (TPSA) is 63.8 Å². The first-order chi connectivity index (χ1) is 7.40. The predicted molar refractivity (Wildman–Crippen MR) is 62.7 cm³/mol. The molecule has 0 saturated carbocycles. The number of nitrogens with zero attached hydrogens (tertiary/aromatic N) is 2. The number of rotatable bonds is 1. The summed E-state index contributed by atoms with van der Waals surface area (Å²) in [4.78, 5) is 9.30. The van der Waals surface area contributed by atoms with Gasteiger partial charge in [0.25, 0.3) is 0 Å². The van der Waals surface area contributed by atoms with Gasteiger partial charge in [-0.25, -0.2) is 15.8 Å². The van der Waals surface area contributed by atoms with E-state index in [2.05, 4.69) is 27.5 Å². The van der Waals surface area contributed by atoms with E-state index in [4.69, 9.17) is 5.84 Å². The Morgan fingerprint density at radius 2 is 2.07 bits per heavy atom. The van der Waals surface area contributed by atoms with Crippen LogP contribution in [0.2, 0.25) is 0 Å². The molecule has 0 spiro atoms. The van der Waals surface area contributed by atoms with Gasteiger partial charge in [0.2, 0.25) is 0 Å². The van der Waals surface area contributed by atoms with Crippen molar-refractivity contribution in [2.24, 2.45) is 5.84 Å². The molecule has 1 aromatic carbocycles. The third kappa shape index (κ3) is 1.17. The van der Waals surface area contributed by atoms with E-state index in [-0.39, 0.29) is 0 Å². The predicted octanol–water partition coefficient (Wildman–Crippen LogP) is 2.13.